The number of Topliss-reactive ketones (excluding diaryl/α,β-unsaturated/α-hetero) is 1. The first-order valence-electron chi connectivity index (χ1n) is 10.6. The molecule has 4 aliphatic carbocycles. The van der Waals surface area contributed by atoms with Crippen molar-refractivity contribution in [2.24, 2.45) is 33.9 Å². The summed E-state index contributed by atoms with van der Waals surface area (Å²) in [7, 11) is 0. The molecule has 148 valence electrons. The number of nitrogens with zero attached hydrogens (tertiary/aromatic N) is 2. The highest BCUT2D eigenvalue weighted by Gasteiger charge is 2.54. The molecule has 5 nitrogen and oxygen atoms in total. The summed E-state index contributed by atoms with van der Waals surface area (Å²) in [5, 5.41) is 0. The highest BCUT2D eigenvalue weighted by molar-refractivity contribution is 6.14. The lowest BCUT2D eigenvalue weighted by Gasteiger charge is -2.56. The van der Waals surface area contributed by atoms with Crippen LogP contribution in [0.5, 0.6) is 0 Å². The number of carbonyl (C=O) groups excluding carboxylic acids is 2. The van der Waals surface area contributed by atoms with Crippen LogP contribution in [0.4, 0.5) is 5.69 Å². The molecule has 0 spiro atoms. The molecule has 5 heteroatoms. The van der Waals surface area contributed by atoms with Gasteiger partial charge in [0.1, 0.15) is 0 Å². The van der Waals surface area contributed by atoms with E-state index in [0.717, 1.165) is 41.8 Å². The van der Waals surface area contributed by atoms with Crippen LogP contribution in [0.3, 0.4) is 0 Å². The number of benzodiazepines with no additional fused rings is 1. The molecule has 4 bridgehead atoms. The third-order valence-corrected chi connectivity index (χ3v) is 7.68. The molecule has 0 unspecified atom stereocenters. The zero-order valence-electron chi connectivity index (χ0n) is 16.8. The minimum atomic E-state index is -0.948. The number of para-hydroxylation sites is 1. The molecule has 1 amide bonds. The summed E-state index contributed by atoms with van der Waals surface area (Å²) in [4.78, 5) is 32.8. The molecule has 6 rings (SSSR count). The van der Waals surface area contributed by atoms with Crippen LogP contribution < -0.4 is 10.6 Å². The van der Waals surface area contributed by atoms with Crippen LogP contribution in [0, 0.1) is 30.1 Å². The van der Waals surface area contributed by atoms with Gasteiger partial charge in [-0.2, -0.15) is 0 Å². The summed E-state index contributed by atoms with van der Waals surface area (Å²) in [5.74, 6) is 2.08. The smallest absolute Gasteiger partial charge is 0.266 e. The van der Waals surface area contributed by atoms with Crippen molar-refractivity contribution >= 4 is 23.1 Å². The first kappa shape index (κ1) is 18.0. The van der Waals surface area contributed by atoms with Gasteiger partial charge in [0.2, 0.25) is 0 Å². The Labute approximate surface area is 166 Å². The van der Waals surface area contributed by atoms with Crippen molar-refractivity contribution in [2.75, 3.05) is 11.4 Å². The van der Waals surface area contributed by atoms with E-state index in [2.05, 4.69) is 4.99 Å². The van der Waals surface area contributed by atoms with Crippen molar-refractivity contribution in [1.82, 2.24) is 0 Å². The zero-order chi connectivity index (χ0) is 19.6. The van der Waals surface area contributed by atoms with Crippen LogP contribution in [0.1, 0.15) is 56.6 Å². The quantitative estimate of drug-likeness (QED) is 0.876. The number of hydrogen-bond acceptors (Lipinski definition) is 4. The van der Waals surface area contributed by atoms with Gasteiger partial charge in [0.05, 0.1) is 12.2 Å². The number of carbonyl (C=O) groups is 2. The Kier molecular flexibility index (Phi) is 4.02. The van der Waals surface area contributed by atoms with Gasteiger partial charge in [-0.25, -0.2) is 0 Å². The van der Waals surface area contributed by atoms with Gasteiger partial charge < -0.3 is 10.6 Å². The Morgan fingerprint density at radius 2 is 1.75 bits per heavy atom. The summed E-state index contributed by atoms with van der Waals surface area (Å²) in [6.07, 6.45) is 6.00. The topological polar surface area (TPSA) is 75.8 Å². The molecule has 1 aromatic rings. The van der Waals surface area contributed by atoms with Crippen molar-refractivity contribution in [2.45, 2.75) is 58.5 Å². The van der Waals surface area contributed by atoms with Gasteiger partial charge in [-0.1, -0.05) is 18.2 Å². The fraction of sp³-hybridized carbons (Fsp3) is 0.609. The lowest BCUT2D eigenvalue weighted by Crippen LogP contribution is -2.54. The van der Waals surface area contributed by atoms with Gasteiger partial charge in [0.15, 0.2) is 11.9 Å². The van der Waals surface area contributed by atoms with Crippen LogP contribution in [-0.2, 0) is 9.59 Å². The molecule has 1 atom stereocenters. The summed E-state index contributed by atoms with van der Waals surface area (Å²) in [6.45, 7) is 3.99. The maximum atomic E-state index is 13.7. The van der Waals surface area contributed by atoms with Crippen molar-refractivity contribution in [1.29, 1.82) is 0 Å². The van der Waals surface area contributed by atoms with E-state index in [9.17, 15) is 9.59 Å². The van der Waals surface area contributed by atoms with Gasteiger partial charge in [-0.15, -0.1) is 0 Å². The Bertz CT molecular complexity index is 853. The van der Waals surface area contributed by atoms with Gasteiger partial charge in [0.25, 0.3) is 5.91 Å². The summed E-state index contributed by atoms with van der Waals surface area (Å²) in [5.41, 5.74) is 9.30. The number of benzene rings is 1. The third-order valence-electron chi connectivity index (χ3n) is 7.68. The number of anilines is 1. The lowest BCUT2D eigenvalue weighted by atomic mass is 9.48. The average molecular weight is 380 g/mol. The molecular formula is C23H29N3O2. The van der Waals surface area contributed by atoms with Crippen LogP contribution >= 0.6 is 0 Å². The van der Waals surface area contributed by atoms with Crippen LogP contribution in [0.2, 0.25) is 0 Å². The molecule has 4 saturated carbocycles. The number of amides is 1. The first-order chi connectivity index (χ1) is 13.4. The molecule has 0 aromatic heterocycles. The SMILES string of the molecule is CC1=N[C@H](N)C(=O)N(CC(=O)C23CC4CC(CC(C4)C2)C3)c2c(C)cccc21. The zero-order valence-corrected chi connectivity index (χ0v) is 16.8. The number of fused-ring (bicyclic) bond motifs is 1. The number of nitrogens with two attached hydrogens (primary N) is 1. The number of ketones is 1. The molecule has 2 N–H and O–H groups in total. The van der Waals surface area contributed by atoms with Crippen LogP contribution in [0.15, 0.2) is 23.2 Å². The first-order valence-corrected chi connectivity index (χ1v) is 10.6. The molecule has 0 radical (unpaired) electrons. The number of aryl methyl sites for hydroxylation is 1. The van der Waals surface area contributed by atoms with E-state index in [0.29, 0.717) is 17.8 Å². The molecule has 5 aliphatic rings. The van der Waals surface area contributed by atoms with Crippen molar-refractivity contribution in [3.05, 3.63) is 29.3 Å². The van der Waals surface area contributed by atoms with Gasteiger partial charge in [0, 0.05) is 16.7 Å². The van der Waals surface area contributed by atoms with E-state index < -0.39 is 6.17 Å². The summed E-state index contributed by atoms with van der Waals surface area (Å²) < 4.78 is 0. The van der Waals surface area contributed by atoms with E-state index >= 15 is 0 Å². The normalized spacial score (nSPS) is 36.2. The Hall–Kier alpha value is -2.01. The highest BCUT2D eigenvalue weighted by atomic mass is 16.2. The maximum Gasteiger partial charge on any atom is 0.266 e. The van der Waals surface area contributed by atoms with Gasteiger partial charge >= 0.3 is 0 Å². The number of hydrogen-bond donors (Lipinski definition) is 1. The molecule has 1 heterocycles. The summed E-state index contributed by atoms with van der Waals surface area (Å²) >= 11 is 0. The second-order valence-corrected chi connectivity index (χ2v) is 9.68. The van der Waals surface area contributed by atoms with Gasteiger partial charge in [-0.05, 0) is 75.7 Å². The van der Waals surface area contributed by atoms with Crippen molar-refractivity contribution in [3.63, 3.8) is 0 Å². The second kappa shape index (κ2) is 6.24. The Morgan fingerprint density at radius 1 is 1.14 bits per heavy atom. The van der Waals surface area contributed by atoms with E-state index in [4.69, 9.17) is 5.73 Å². The molecule has 1 aromatic carbocycles. The minimum Gasteiger partial charge on any atom is -0.302 e. The van der Waals surface area contributed by atoms with Crippen LogP contribution in [-0.4, -0.2) is 30.1 Å². The van der Waals surface area contributed by atoms with E-state index in [1.54, 1.807) is 4.90 Å². The summed E-state index contributed by atoms with van der Waals surface area (Å²) in [6, 6.07) is 5.92. The fourth-order valence-corrected chi connectivity index (χ4v) is 6.83. The predicted molar refractivity (Wildman–Crippen MR) is 109 cm³/mol. The van der Waals surface area contributed by atoms with E-state index in [1.807, 2.05) is 32.0 Å². The third kappa shape index (κ3) is 2.66. The monoisotopic (exact) mass is 379 g/mol. The van der Waals surface area contributed by atoms with E-state index in [-0.39, 0.29) is 23.7 Å². The largest absolute Gasteiger partial charge is 0.302 e. The second-order valence-electron chi connectivity index (χ2n) is 9.68. The predicted octanol–water partition coefficient (Wildman–Crippen LogP) is 3.22. The lowest BCUT2D eigenvalue weighted by molar-refractivity contribution is -0.143. The number of rotatable bonds is 3. The Balaban J connectivity index is 1.50. The molecule has 1 aliphatic heterocycles. The minimum absolute atomic E-state index is 0.124. The van der Waals surface area contributed by atoms with Crippen molar-refractivity contribution in [3.8, 4) is 0 Å². The average Bonchev–Trinajstić information content (AvgIpc) is 2.72. The standard InChI is InChI=1S/C23H29N3O2/c1-13-4-3-5-18-14(2)25-21(24)22(28)26(20(13)18)12-19(27)23-9-15-6-16(10-23)8-17(7-15)11-23/h3-5,15-17,21H,6-12,24H2,1-2H3/t15?,16?,17?,21-,23?/m0/s1. The molecule has 4 fully saturated rings. The fourth-order valence-electron chi connectivity index (χ4n) is 6.83. The maximum absolute atomic E-state index is 13.7. The molecule has 0 saturated heterocycles. The molecule has 28 heavy (non-hydrogen) atoms. The molecular weight excluding hydrogens is 350 g/mol. The Morgan fingerprint density at radius 3 is 2.36 bits per heavy atom. The highest BCUT2D eigenvalue weighted by Crippen LogP contribution is 2.60. The van der Waals surface area contributed by atoms with Crippen molar-refractivity contribution < 1.29 is 9.59 Å². The van der Waals surface area contributed by atoms with E-state index in [1.165, 1.54) is 19.3 Å². The van der Waals surface area contributed by atoms with Crippen LogP contribution in [0.25, 0.3) is 0 Å². The number of aliphatic imine (C=N–C) groups is 1. The van der Waals surface area contributed by atoms with Gasteiger partial charge in [-0.3, -0.25) is 14.6 Å².